The molecule has 0 fully saturated rings. The Morgan fingerprint density at radius 1 is 1.30 bits per heavy atom. The van der Waals surface area contributed by atoms with Crippen molar-refractivity contribution >= 4 is 37.4 Å². The highest BCUT2D eigenvalue weighted by atomic mass is 79.9. The summed E-state index contributed by atoms with van der Waals surface area (Å²) in [6.45, 7) is -2.89. The lowest BCUT2D eigenvalue weighted by Gasteiger charge is -2.08. The first kappa shape index (κ1) is 17.5. The van der Waals surface area contributed by atoms with Gasteiger partial charge in [-0.25, -0.2) is 13.4 Å². The third-order valence-electron chi connectivity index (χ3n) is 2.79. The van der Waals surface area contributed by atoms with Crippen LogP contribution in [0.1, 0.15) is 12.4 Å². The second-order valence-electron chi connectivity index (χ2n) is 4.62. The van der Waals surface area contributed by atoms with Crippen molar-refractivity contribution in [2.24, 2.45) is 0 Å². The quantitative estimate of drug-likeness (QED) is 0.797. The van der Waals surface area contributed by atoms with Crippen molar-refractivity contribution in [3.05, 3.63) is 47.0 Å². The van der Waals surface area contributed by atoms with Gasteiger partial charge in [-0.05, 0) is 24.3 Å². The van der Waals surface area contributed by atoms with E-state index >= 15 is 0 Å². The molecule has 0 aliphatic carbocycles. The van der Waals surface area contributed by atoms with Crippen LogP contribution in [0.25, 0.3) is 0 Å². The molecule has 0 saturated heterocycles. The molecular weight excluding hydrogens is 396 g/mol. The van der Waals surface area contributed by atoms with Crippen LogP contribution in [0.15, 0.2) is 41.1 Å². The molecule has 0 aliphatic heterocycles. The minimum absolute atomic E-state index is 0.309. The summed E-state index contributed by atoms with van der Waals surface area (Å²) in [7, 11) is -3.93. The Bertz CT molecular complexity index is 791. The van der Waals surface area contributed by atoms with E-state index in [4.69, 9.17) is 0 Å². The average molecular weight is 408 g/mol. The van der Waals surface area contributed by atoms with Crippen LogP contribution in [0.5, 0.6) is 0 Å². The summed E-state index contributed by atoms with van der Waals surface area (Å²) in [5, 5.41) is 2.43. The topological polar surface area (TPSA) is 81.1 Å². The summed E-state index contributed by atoms with van der Waals surface area (Å²) in [6.07, 6.45) is 2.07. The van der Waals surface area contributed by atoms with Gasteiger partial charge < -0.3 is 5.32 Å². The van der Waals surface area contributed by atoms with Gasteiger partial charge in [0.15, 0.2) is 9.84 Å². The number of imidazole rings is 1. The largest absolute Gasteiger partial charge is 0.325 e. The number of amides is 1. The Labute approximate surface area is 139 Å². The minimum Gasteiger partial charge on any atom is -0.325 e. The van der Waals surface area contributed by atoms with Gasteiger partial charge in [-0.1, -0.05) is 15.9 Å². The van der Waals surface area contributed by atoms with Gasteiger partial charge in [0.05, 0.1) is 0 Å². The zero-order valence-electron chi connectivity index (χ0n) is 11.6. The third-order valence-corrected chi connectivity index (χ3v) is 4.72. The molecule has 6 nitrogen and oxygen atoms in total. The Hall–Kier alpha value is -1.81. The van der Waals surface area contributed by atoms with E-state index in [9.17, 15) is 22.0 Å². The fourth-order valence-corrected chi connectivity index (χ4v) is 3.27. The van der Waals surface area contributed by atoms with Gasteiger partial charge in [0.2, 0.25) is 5.91 Å². The number of aromatic nitrogens is 2. The van der Waals surface area contributed by atoms with Crippen LogP contribution in [0.4, 0.5) is 14.5 Å². The SMILES string of the molecule is O=C(CS(=O)(=O)Cc1nccn1C(F)F)Nc1ccc(Br)cc1. The average Bonchev–Trinajstić information content (AvgIpc) is 2.88. The Morgan fingerprint density at radius 3 is 2.57 bits per heavy atom. The molecule has 0 saturated carbocycles. The zero-order valence-corrected chi connectivity index (χ0v) is 14.0. The number of carbonyl (C=O) groups excluding carboxylic acids is 1. The number of hydrogen-bond donors (Lipinski definition) is 1. The van der Waals surface area contributed by atoms with Crippen LogP contribution in [-0.4, -0.2) is 29.6 Å². The Morgan fingerprint density at radius 2 is 1.96 bits per heavy atom. The minimum atomic E-state index is -3.93. The lowest BCUT2D eigenvalue weighted by Crippen LogP contribution is -2.25. The van der Waals surface area contributed by atoms with Crippen molar-refractivity contribution in [2.45, 2.75) is 12.3 Å². The van der Waals surface area contributed by atoms with Gasteiger partial charge in [0, 0.05) is 22.6 Å². The summed E-state index contributed by atoms with van der Waals surface area (Å²) < 4.78 is 50.5. The van der Waals surface area contributed by atoms with Gasteiger partial charge in [-0.3, -0.25) is 9.36 Å². The highest BCUT2D eigenvalue weighted by Gasteiger charge is 2.22. The second-order valence-corrected chi connectivity index (χ2v) is 7.60. The highest BCUT2D eigenvalue weighted by Crippen LogP contribution is 2.16. The number of alkyl halides is 2. The normalized spacial score (nSPS) is 11.7. The van der Waals surface area contributed by atoms with Crippen molar-refractivity contribution in [3.63, 3.8) is 0 Å². The smallest absolute Gasteiger partial charge is 0.319 e. The van der Waals surface area contributed by atoms with Crippen molar-refractivity contribution in [3.8, 4) is 0 Å². The number of sulfone groups is 1. The summed E-state index contributed by atoms with van der Waals surface area (Å²) >= 11 is 3.23. The molecule has 1 heterocycles. The summed E-state index contributed by atoms with van der Waals surface area (Å²) in [5.74, 6) is -2.61. The first-order valence-corrected chi connectivity index (χ1v) is 8.94. The molecule has 0 atom stereocenters. The van der Waals surface area contributed by atoms with Crippen LogP contribution < -0.4 is 5.32 Å². The molecule has 10 heteroatoms. The fourth-order valence-electron chi connectivity index (χ4n) is 1.81. The number of halogens is 3. The standard InChI is InChI=1S/C13H12BrF2N3O3S/c14-9-1-3-10(4-2-9)18-12(20)8-23(21,22)7-11-17-5-6-19(11)13(15)16/h1-6,13H,7-8H2,(H,18,20). The molecule has 1 aromatic heterocycles. The Kier molecular flexibility index (Phi) is 5.47. The van der Waals surface area contributed by atoms with Crippen molar-refractivity contribution in [2.75, 3.05) is 11.1 Å². The molecule has 1 amide bonds. The van der Waals surface area contributed by atoms with Crippen molar-refractivity contribution < 1.29 is 22.0 Å². The first-order chi connectivity index (χ1) is 10.8. The summed E-state index contributed by atoms with van der Waals surface area (Å²) in [5.41, 5.74) is 0.433. The summed E-state index contributed by atoms with van der Waals surface area (Å²) in [4.78, 5) is 15.4. The number of nitrogens with one attached hydrogen (secondary N) is 1. The monoisotopic (exact) mass is 407 g/mol. The molecule has 23 heavy (non-hydrogen) atoms. The number of carbonyl (C=O) groups is 1. The maximum Gasteiger partial charge on any atom is 0.319 e. The van der Waals surface area contributed by atoms with E-state index in [0.29, 0.717) is 10.3 Å². The molecule has 0 bridgehead atoms. The lowest BCUT2D eigenvalue weighted by atomic mass is 10.3. The van der Waals surface area contributed by atoms with Gasteiger partial charge >= 0.3 is 6.55 Å². The van der Waals surface area contributed by atoms with E-state index in [0.717, 1.165) is 16.9 Å². The summed E-state index contributed by atoms with van der Waals surface area (Å²) in [6, 6.07) is 6.56. The molecule has 124 valence electrons. The maximum atomic E-state index is 12.7. The fraction of sp³-hybridized carbons (Fsp3) is 0.231. The van der Waals surface area contributed by atoms with Crippen LogP contribution in [-0.2, 0) is 20.4 Å². The van der Waals surface area contributed by atoms with E-state index in [2.05, 4.69) is 26.2 Å². The van der Waals surface area contributed by atoms with Crippen LogP contribution in [0, 0.1) is 0 Å². The maximum absolute atomic E-state index is 12.7. The van der Waals surface area contributed by atoms with Crippen LogP contribution >= 0.6 is 15.9 Å². The van der Waals surface area contributed by atoms with Gasteiger partial charge in [0.25, 0.3) is 0 Å². The molecule has 1 aromatic carbocycles. The van der Waals surface area contributed by atoms with E-state index in [-0.39, 0.29) is 5.82 Å². The number of nitrogens with zero attached hydrogens (tertiary/aromatic N) is 2. The molecule has 0 aliphatic rings. The van der Waals surface area contributed by atoms with E-state index in [1.807, 2.05) is 0 Å². The number of rotatable bonds is 6. The van der Waals surface area contributed by atoms with E-state index < -0.39 is 33.8 Å². The van der Waals surface area contributed by atoms with Gasteiger partial charge in [-0.2, -0.15) is 8.78 Å². The molecule has 0 unspecified atom stereocenters. The molecule has 0 spiro atoms. The first-order valence-electron chi connectivity index (χ1n) is 6.32. The molecule has 2 aromatic rings. The van der Waals surface area contributed by atoms with Gasteiger partial charge in [0.1, 0.15) is 17.3 Å². The highest BCUT2D eigenvalue weighted by molar-refractivity contribution is 9.10. The predicted octanol–water partition coefficient (Wildman–Crippen LogP) is 2.59. The van der Waals surface area contributed by atoms with E-state index in [1.165, 1.54) is 0 Å². The van der Waals surface area contributed by atoms with Gasteiger partial charge in [-0.15, -0.1) is 0 Å². The number of anilines is 1. The zero-order chi connectivity index (χ0) is 17.0. The predicted molar refractivity (Wildman–Crippen MR) is 83.7 cm³/mol. The lowest BCUT2D eigenvalue weighted by molar-refractivity contribution is -0.113. The van der Waals surface area contributed by atoms with Crippen LogP contribution in [0.2, 0.25) is 0 Å². The molecule has 1 N–H and O–H groups in total. The van der Waals surface area contributed by atoms with Crippen molar-refractivity contribution in [1.82, 2.24) is 9.55 Å². The number of hydrogen-bond acceptors (Lipinski definition) is 4. The molecule has 0 radical (unpaired) electrons. The number of benzene rings is 1. The third kappa shape index (κ3) is 5.10. The molecular formula is C13H12BrF2N3O3S. The van der Waals surface area contributed by atoms with Crippen LogP contribution in [0.3, 0.4) is 0 Å². The Balaban J connectivity index is 2.01. The second kappa shape index (κ2) is 7.18. The molecule has 2 rings (SSSR count). The van der Waals surface area contributed by atoms with Crippen molar-refractivity contribution in [1.29, 1.82) is 0 Å². The van der Waals surface area contributed by atoms with E-state index in [1.54, 1.807) is 24.3 Å².